The molecule has 3 N–H and O–H groups in total. The number of pyridine rings is 1. The summed E-state index contributed by atoms with van der Waals surface area (Å²) in [6, 6.07) is 19.6. The minimum Gasteiger partial charge on any atom is -0.379 e. The van der Waals surface area contributed by atoms with Crippen LogP contribution in [-0.4, -0.2) is 89.9 Å². The Balaban J connectivity index is 1.25. The number of ether oxygens (including phenoxy) is 2. The number of para-hydroxylation sites is 1. The van der Waals surface area contributed by atoms with Crippen molar-refractivity contribution in [3.8, 4) is 22.5 Å². The summed E-state index contributed by atoms with van der Waals surface area (Å²) >= 11 is 0. The second-order valence-electron chi connectivity index (χ2n) is 14.1. The first-order valence-corrected chi connectivity index (χ1v) is 17.7. The second-order valence-corrected chi connectivity index (χ2v) is 14.1. The molecule has 2 amide bonds. The van der Waals surface area contributed by atoms with Gasteiger partial charge in [-0.25, -0.2) is 4.68 Å². The van der Waals surface area contributed by atoms with E-state index in [2.05, 4.69) is 58.9 Å². The Morgan fingerprint density at radius 2 is 1.51 bits per heavy atom. The summed E-state index contributed by atoms with van der Waals surface area (Å²) in [5.74, 6) is -0.165. The molecule has 12 heteroatoms. The van der Waals surface area contributed by atoms with Gasteiger partial charge in [0.15, 0.2) is 0 Å². The maximum absolute atomic E-state index is 13.9. The van der Waals surface area contributed by atoms with Gasteiger partial charge in [0.1, 0.15) is 5.69 Å². The van der Waals surface area contributed by atoms with Crippen LogP contribution < -0.4 is 20.9 Å². The Bertz CT molecular complexity index is 1770. The van der Waals surface area contributed by atoms with Crippen LogP contribution in [0.2, 0.25) is 0 Å². The van der Waals surface area contributed by atoms with E-state index in [0.29, 0.717) is 64.5 Å². The molecule has 0 aliphatic carbocycles. The number of rotatable bonds is 17. The minimum absolute atomic E-state index is 0.0427. The lowest BCUT2D eigenvalue weighted by Crippen LogP contribution is -2.39. The van der Waals surface area contributed by atoms with Crippen molar-refractivity contribution in [1.29, 1.82) is 0 Å². The van der Waals surface area contributed by atoms with Gasteiger partial charge >= 0.3 is 0 Å². The van der Waals surface area contributed by atoms with Crippen molar-refractivity contribution < 1.29 is 19.1 Å². The highest BCUT2D eigenvalue weighted by Crippen LogP contribution is 2.41. The fourth-order valence-electron chi connectivity index (χ4n) is 5.75. The molecular formula is C39H52N8O4. The molecule has 0 saturated carbocycles. The largest absolute Gasteiger partial charge is 0.379 e. The lowest BCUT2D eigenvalue weighted by molar-refractivity contribution is -0.119. The van der Waals surface area contributed by atoms with Crippen LogP contribution in [0.1, 0.15) is 68.6 Å². The average molecular weight is 697 g/mol. The van der Waals surface area contributed by atoms with Crippen molar-refractivity contribution >= 4 is 17.5 Å². The number of carbonyl (C=O) groups excluding carboxylic acids is 2. The number of nitrogens with one attached hydrogen (secondary N) is 3. The van der Waals surface area contributed by atoms with Gasteiger partial charge in [-0.2, -0.15) is 0 Å². The summed E-state index contributed by atoms with van der Waals surface area (Å²) in [6.45, 7) is 11.6. The molecule has 0 bridgehead atoms. The molecule has 51 heavy (non-hydrogen) atoms. The van der Waals surface area contributed by atoms with E-state index in [-0.39, 0.29) is 22.9 Å². The van der Waals surface area contributed by atoms with Crippen molar-refractivity contribution in [3.63, 3.8) is 0 Å². The second kappa shape index (κ2) is 17.1. The third kappa shape index (κ3) is 9.85. The molecule has 12 nitrogen and oxygen atoms in total. The van der Waals surface area contributed by atoms with E-state index in [4.69, 9.17) is 9.47 Å². The molecule has 2 aromatic carbocycles. The number of hydrogen-bond acceptors (Lipinski definition) is 9. The van der Waals surface area contributed by atoms with E-state index >= 15 is 0 Å². The smallest absolute Gasteiger partial charge is 0.252 e. The molecule has 0 spiro atoms. The van der Waals surface area contributed by atoms with Crippen LogP contribution in [0.15, 0.2) is 66.9 Å². The summed E-state index contributed by atoms with van der Waals surface area (Å²) in [7, 11) is 3.86. The van der Waals surface area contributed by atoms with Crippen LogP contribution in [0.5, 0.6) is 0 Å². The van der Waals surface area contributed by atoms with Crippen LogP contribution in [0.3, 0.4) is 0 Å². The normalized spacial score (nSPS) is 12.8. The highest BCUT2D eigenvalue weighted by molar-refractivity contribution is 6.00. The number of carbonyl (C=O) groups is 2. The predicted molar refractivity (Wildman–Crippen MR) is 200 cm³/mol. The van der Waals surface area contributed by atoms with E-state index < -0.39 is 0 Å². The Morgan fingerprint density at radius 1 is 0.824 bits per heavy atom. The van der Waals surface area contributed by atoms with Gasteiger partial charge in [-0.15, -0.1) is 5.10 Å². The molecule has 1 aliphatic heterocycles. The van der Waals surface area contributed by atoms with Gasteiger partial charge in [-0.3, -0.25) is 14.6 Å². The van der Waals surface area contributed by atoms with Crippen molar-refractivity contribution in [2.24, 2.45) is 0 Å². The first-order valence-electron chi connectivity index (χ1n) is 17.7. The van der Waals surface area contributed by atoms with Crippen molar-refractivity contribution in [3.05, 3.63) is 83.7 Å². The number of hydrogen-bond donors (Lipinski definition) is 3. The van der Waals surface area contributed by atoms with Gasteiger partial charge in [-0.05, 0) is 78.4 Å². The molecule has 272 valence electrons. The fourth-order valence-corrected chi connectivity index (χ4v) is 5.75. The maximum atomic E-state index is 13.9. The highest BCUT2D eigenvalue weighted by atomic mass is 16.5. The summed E-state index contributed by atoms with van der Waals surface area (Å²) < 4.78 is 13.1. The molecule has 2 aromatic heterocycles. The molecule has 0 radical (unpaired) electrons. The maximum Gasteiger partial charge on any atom is 0.252 e. The monoisotopic (exact) mass is 696 g/mol. The lowest BCUT2D eigenvalue weighted by atomic mass is 9.94. The number of anilines is 1. The van der Waals surface area contributed by atoms with Gasteiger partial charge in [0.25, 0.3) is 5.91 Å². The Hall–Kier alpha value is -4.49. The number of amides is 2. The molecular weight excluding hydrogens is 644 g/mol. The van der Waals surface area contributed by atoms with E-state index in [9.17, 15) is 9.59 Å². The molecule has 5 rings (SSSR count). The van der Waals surface area contributed by atoms with Crippen LogP contribution in [0, 0.1) is 0 Å². The van der Waals surface area contributed by atoms with Gasteiger partial charge < -0.3 is 30.3 Å². The Morgan fingerprint density at radius 3 is 2.24 bits per heavy atom. The van der Waals surface area contributed by atoms with E-state index in [0.717, 1.165) is 45.9 Å². The average Bonchev–Trinajstić information content (AvgIpc) is 3.54. The molecule has 0 saturated heterocycles. The number of nitrogens with zero attached hydrogens (tertiary/aromatic N) is 5. The topological polar surface area (TPSA) is 136 Å². The Labute approximate surface area is 301 Å². The van der Waals surface area contributed by atoms with Crippen LogP contribution in [-0.2, 0) is 27.4 Å². The van der Waals surface area contributed by atoms with Gasteiger partial charge in [0, 0.05) is 48.0 Å². The van der Waals surface area contributed by atoms with Crippen molar-refractivity contribution in [1.82, 2.24) is 35.9 Å². The predicted octanol–water partition coefficient (Wildman–Crippen LogP) is 4.83. The standard InChI is InChI=1S/C39H52N8O4/c1-38(2,40-5)18-17-34(48)46-26-29-11-7-8-12-31(29)35-36(32-13-9-10-14-33(32)46)47(45-44-35)27-30-16-15-28(25-43-30)37(49)42-20-22-51-24-23-50-21-19-39(3,4)41-6/h7-16,25,40-41H,17-24,26-27H2,1-6H3,(H,42,49). The molecule has 0 atom stereocenters. The third-order valence-electron chi connectivity index (χ3n) is 9.58. The molecule has 1 aliphatic rings. The fraction of sp³-hybridized carbons (Fsp3) is 0.462. The number of benzene rings is 2. The van der Waals surface area contributed by atoms with Crippen LogP contribution in [0.4, 0.5) is 5.69 Å². The minimum atomic E-state index is -0.220. The number of fused-ring (bicyclic) bond motifs is 5. The Kier molecular flexibility index (Phi) is 12.7. The summed E-state index contributed by atoms with van der Waals surface area (Å²) in [6.07, 6.45) is 3.58. The summed E-state index contributed by atoms with van der Waals surface area (Å²) in [5.41, 5.74) is 6.23. The molecule has 0 unspecified atom stereocenters. The highest BCUT2D eigenvalue weighted by Gasteiger charge is 2.30. The van der Waals surface area contributed by atoms with Crippen molar-refractivity contribution in [2.75, 3.05) is 52.0 Å². The van der Waals surface area contributed by atoms with E-state index in [1.54, 1.807) is 12.3 Å². The SMILES string of the molecule is CNC(C)(C)CCOCCOCCNC(=O)c1ccc(Cn2nnc3c2-c2ccccc2N(C(=O)CCC(C)(C)NC)Cc2ccccc2-3)nc1. The number of aromatic nitrogens is 4. The zero-order valence-electron chi connectivity index (χ0n) is 30.8. The van der Waals surface area contributed by atoms with Gasteiger partial charge in [-0.1, -0.05) is 47.7 Å². The quantitative estimate of drug-likeness (QED) is 0.133. The molecule has 3 heterocycles. The zero-order chi connectivity index (χ0) is 36.4. The first kappa shape index (κ1) is 37.8. The van der Waals surface area contributed by atoms with E-state index in [1.165, 1.54) is 0 Å². The van der Waals surface area contributed by atoms with Crippen LogP contribution >= 0.6 is 0 Å². The van der Waals surface area contributed by atoms with Crippen molar-refractivity contribution in [2.45, 2.75) is 71.1 Å². The first-order chi connectivity index (χ1) is 24.5. The molecule has 0 fully saturated rings. The lowest BCUT2D eigenvalue weighted by Gasteiger charge is -2.30. The van der Waals surface area contributed by atoms with Gasteiger partial charge in [0.2, 0.25) is 5.91 Å². The van der Waals surface area contributed by atoms with Crippen LogP contribution in [0.25, 0.3) is 22.5 Å². The third-order valence-corrected chi connectivity index (χ3v) is 9.58. The summed E-state index contributed by atoms with van der Waals surface area (Å²) in [5, 5.41) is 18.7. The summed E-state index contributed by atoms with van der Waals surface area (Å²) in [4.78, 5) is 33.2. The van der Waals surface area contributed by atoms with Gasteiger partial charge in [0.05, 0.1) is 55.5 Å². The van der Waals surface area contributed by atoms with E-state index in [1.807, 2.05) is 78.3 Å². The zero-order valence-corrected chi connectivity index (χ0v) is 30.8. The molecule has 4 aromatic rings.